The maximum absolute atomic E-state index is 14.3. The van der Waals surface area contributed by atoms with Gasteiger partial charge in [-0.2, -0.15) is 0 Å². The Balaban J connectivity index is 1.89. The van der Waals surface area contributed by atoms with Crippen molar-refractivity contribution in [3.8, 4) is 5.75 Å². The standard InChI is InChI=1S/C22H15Cl3FN3O/c1-11-16(24)10-17(25)22(28-11)29-19(13-5-7-15(23)18(26)9-13)14-6-4-12-3-2-8-27-20(12)21(14)30/h2-10,19,30H,1H3,(H,28,29). The maximum atomic E-state index is 14.3. The van der Waals surface area contributed by atoms with Crippen LogP contribution in [-0.2, 0) is 0 Å². The first kappa shape index (κ1) is 20.7. The van der Waals surface area contributed by atoms with Crippen LogP contribution in [0.1, 0.15) is 22.9 Å². The molecule has 4 nitrogen and oxygen atoms in total. The fourth-order valence-electron chi connectivity index (χ4n) is 3.21. The van der Waals surface area contributed by atoms with E-state index in [-0.39, 0.29) is 10.8 Å². The highest BCUT2D eigenvalue weighted by Gasteiger charge is 2.23. The number of phenols is 1. The second-order valence-corrected chi connectivity index (χ2v) is 7.94. The number of benzene rings is 2. The van der Waals surface area contributed by atoms with Gasteiger partial charge in [-0.1, -0.05) is 59.1 Å². The molecule has 152 valence electrons. The molecule has 30 heavy (non-hydrogen) atoms. The van der Waals surface area contributed by atoms with Gasteiger partial charge in [0.2, 0.25) is 0 Å². The predicted molar refractivity (Wildman–Crippen MR) is 119 cm³/mol. The van der Waals surface area contributed by atoms with Gasteiger partial charge in [-0.25, -0.2) is 9.37 Å². The van der Waals surface area contributed by atoms with Gasteiger partial charge in [-0.15, -0.1) is 0 Å². The SMILES string of the molecule is Cc1nc(NC(c2ccc(Cl)c(F)c2)c2ccc3cccnc3c2O)c(Cl)cc1Cl. The van der Waals surface area contributed by atoms with Crippen LogP contribution in [0.4, 0.5) is 10.2 Å². The number of hydrogen-bond donors (Lipinski definition) is 2. The quantitative estimate of drug-likeness (QED) is 0.345. The number of aromatic nitrogens is 2. The number of pyridine rings is 2. The Bertz CT molecular complexity index is 1270. The molecule has 1 atom stereocenters. The number of hydrogen-bond acceptors (Lipinski definition) is 4. The van der Waals surface area contributed by atoms with E-state index in [0.717, 1.165) is 5.39 Å². The molecule has 0 saturated carbocycles. The molecule has 4 aromatic rings. The zero-order valence-electron chi connectivity index (χ0n) is 15.6. The van der Waals surface area contributed by atoms with E-state index >= 15 is 0 Å². The van der Waals surface area contributed by atoms with E-state index in [1.165, 1.54) is 12.1 Å². The summed E-state index contributed by atoms with van der Waals surface area (Å²) in [4.78, 5) is 8.67. The van der Waals surface area contributed by atoms with Crippen LogP contribution in [0.15, 0.2) is 54.7 Å². The third kappa shape index (κ3) is 3.88. The van der Waals surface area contributed by atoms with Crippen molar-refractivity contribution in [2.75, 3.05) is 5.32 Å². The molecule has 1 unspecified atom stereocenters. The largest absolute Gasteiger partial charge is 0.505 e. The van der Waals surface area contributed by atoms with Gasteiger partial charge < -0.3 is 10.4 Å². The molecule has 0 bridgehead atoms. The first-order chi connectivity index (χ1) is 14.3. The van der Waals surface area contributed by atoms with Crippen molar-refractivity contribution >= 4 is 51.5 Å². The molecular weight excluding hydrogens is 448 g/mol. The molecule has 0 amide bonds. The number of nitrogens with one attached hydrogen (secondary N) is 1. The normalized spacial score (nSPS) is 12.2. The van der Waals surface area contributed by atoms with E-state index in [0.29, 0.717) is 38.2 Å². The summed E-state index contributed by atoms with van der Waals surface area (Å²) in [5, 5.41) is 15.7. The average Bonchev–Trinajstić information content (AvgIpc) is 2.73. The smallest absolute Gasteiger partial charge is 0.147 e. The number of fused-ring (bicyclic) bond motifs is 1. The Hall–Kier alpha value is -2.60. The van der Waals surface area contributed by atoms with Crippen molar-refractivity contribution in [1.29, 1.82) is 0 Å². The molecule has 2 N–H and O–H groups in total. The minimum Gasteiger partial charge on any atom is -0.505 e. The lowest BCUT2D eigenvalue weighted by atomic mass is 9.96. The fraction of sp³-hybridized carbons (Fsp3) is 0.0909. The third-order valence-electron chi connectivity index (χ3n) is 4.75. The summed E-state index contributed by atoms with van der Waals surface area (Å²) in [6.07, 6.45) is 1.59. The number of aromatic hydroxyl groups is 1. The van der Waals surface area contributed by atoms with E-state index in [9.17, 15) is 9.50 Å². The monoisotopic (exact) mass is 461 g/mol. The van der Waals surface area contributed by atoms with Gasteiger partial charge in [-0.3, -0.25) is 4.98 Å². The van der Waals surface area contributed by atoms with Crippen LogP contribution in [0.2, 0.25) is 15.1 Å². The van der Waals surface area contributed by atoms with Crippen LogP contribution in [0.5, 0.6) is 5.75 Å². The van der Waals surface area contributed by atoms with Gasteiger partial charge >= 0.3 is 0 Å². The number of anilines is 1. The molecule has 0 spiro atoms. The lowest BCUT2D eigenvalue weighted by molar-refractivity contribution is 0.471. The highest BCUT2D eigenvalue weighted by atomic mass is 35.5. The summed E-state index contributed by atoms with van der Waals surface area (Å²) in [5.41, 5.74) is 2.01. The molecule has 0 aliphatic carbocycles. The Labute approximate surface area is 187 Å². The molecule has 0 aliphatic rings. The van der Waals surface area contributed by atoms with E-state index < -0.39 is 11.9 Å². The zero-order valence-corrected chi connectivity index (χ0v) is 17.9. The van der Waals surface area contributed by atoms with E-state index in [1.807, 2.05) is 12.1 Å². The number of aryl methyl sites for hydroxylation is 1. The summed E-state index contributed by atoms with van der Waals surface area (Å²) in [5.74, 6) is -0.257. The van der Waals surface area contributed by atoms with Crippen LogP contribution < -0.4 is 5.32 Å². The van der Waals surface area contributed by atoms with Crippen LogP contribution in [-0.4, -0.2) is 15.1 Å². The summed E-state index contributed by atoms with van der Waals surface area (Å²) in [6, 6.07) is 12.5. The number of halogens is 4. The highest BCUT2D eigenvalue weighted by molar-refractivity contribution is 6.36. The van der Waals surface area contributed by atoms with Gasteiger partial charge in [-0.05, 0) is 36.8 Å². The molecule has 0 aliphatic heterocycles. The summed E-state index contributed by atoms with van der Waals surface area (Å²) in [6.45, 7) is 1.75. The lowest BCUT2D eigenvalue weighted by Crippen LogP contribution is -2.15. The van der Waals surface area contributed by atoms with Crippen molar-refractivity contribution in [2.24, 2.45) is 0 Å². The first-order valence-corrected chi connectivity index (χ1v) is 10.1. The van der Waals surface area contributed by atoms with Gasteiger partial charge in [0, 0.05) is 17.1 Å². The third-order valence-corrected chi connectivity index (χ3v) is 5.73. The predicted octanol–water partition coefficient (Wildman–Crippen LogP) is 6.94. The summed E-state index contributed by atoms with van der Waals surface area (Å²) < 4.78 is 14.3. The maximum Gasteiger partial charge on any atom is 0.147 e. The molecule has 0 saturated heterocycles. The summed E-state index contributed by atoms with van der Waals surface area (Å²) in [7, 11) is 0. The summed E-state index contributed by atoms with van der Waals surface area (Å²) >= 11 is 18.3. The molecule has 2 aromatic carbocycles. The average molecular weight is 463 g/mol. The van der Waals surface area contributed by atoms with Gasteiger partial charge in [0.15, 0.2) is 0 Å². The fourth-order valence-corrected chi connectivity index (χ4v) is 3.74. The van der Waals surface area contributed by atoms with E-state index in [2.05, 4.69) is 15.3 Å². The van der Waals surface area contributed by atoms with Crippen molar-refractivity contribution in [2.45, 2.75) is 13.0 Å². The first-order valence-electron chi connectivity index (χ1n) is 8.96. The Kier molecular flexibility index (Phi) is 5.69. The Morgan fingerprint density at radius 1 is 1.00 bits per heavy atom. The van der Waals surface area contributed by atoms with Crippen LogP contribution >= 0.6 is 34.8 Å². The van der Waals surface area contributed by atoms with Crippen LogP contribution in [0.3, 0.4) is 0 Å². The van der Waals surface area contributed by atoms with Crippen molar-refractivity contribution < 1.29 is 9.50 Å². The van der Waals surface area contributed by atoms with Crippen LogP contribution in [0, 0.1) is 12.7 Å². The van der Waals surface area contributed by atoms with Gasteiger partial charge in [0.25, 0.3) is 0 Å². The van der Waals surface area contributed by atoms with Crippen LogP contribution in [0.25, 0.3) is 10.9 Å². The molecular formula is C22H15Cl3FN3O. The molecule has 2 aromatic heterocycles. The van der Waals surface area contributed by atoms with Crippen molar-refractivity contribution in [3.63, 3.8) is 0 Å². The van der Waals surface area contributed by atoms with E-state index in [1.54, 1.807) is 37.4 Å². The zero-order chi connectivity index (χ0) is 21.4. The number of nitrogens with zero attached hydrogens (tertiary/aromatic N) is 2. The van der Waals surface area contributed by atoms with E-state index in [4.69, 9.17) is 34.8 Å². The number of rotatable bonds is 4. The minimum atomic E-state index is -0.686. The minimum absolute atomic E-state index is 0.000366. The topological polar surface area (TPSA) is 58.0 Å². The molecule has 0 radical (unpaired) electrons. The second-order valence-electron chi connectivity index (χ2n) is 6.72. The number of phenolic OH excluding ortho intramolecular Hbond substituents is 1. The molecule has 0 fully saturated rings. The molecule has 8 heteroatoms. The Morgan fingerprint density at radius 3 is 2.57 bits per heavy atom. The van der Waals surface area contributed by atoms with Crippen molar-refractivity contribution in [1.82, 2.24) is 9.97 Å². The Morgan fingerprint density at radius 2 is 1.80 bits per heavy atom. The molecule has 4 rings (SSSR count). The highest BCUT2D eigenvalue weighted by Crippen LogP contribution is 2.38. The van der Waals surface area contributed by atoms with Gasteiger partial charge in [0.05, 0.1) is 26.8 Å². The second kappa shape index (κ2) is 8.26. The van der Waals surface area contributed by atoms with Gasteiger partial charge in [0.1, 0.15) is 22.9 Å². The lowest BCUT2D eigenvalue weighted by Gasteiger charge is -2.23. The van der Waals surface area contributed by atoms with Crippen molar-refractivity contribution in [3.05, 3.63) is 92.4 Å². The molecule has 2 heterocycles.